The molecule has 0 spiro atoms. The molecule has 17 heavy (non-hydrogen) atoms. The minimum Gasteiger partial charge on any atom is -0.497 e. The van der Waals surface area contributed by atoms with E-state index in [9.17, 15) is 0 Å². The van der Waals surface area contributed by atoms with Gasteiger partial charge in [-0.25, -0.2) is 0 Å². The van der Waals surface area contributed by atoms with Gasteiger partial charge in [-0.05, 0) is 43.5 Å². The fraction of sp³-hybridized carbons (Fsp3) is 0.571. The first kappa shape index (κ1) is 12.7. The smallest absolute Gasteiger partial charge is 0.118 e. The van der Waals surface area contributed by atoms with Crippen LogP contribution in [0.25, 0.3) is 0 Å². The van der Waals surface area contributed by atoms with Crippen LogP contribution in [0.15, 0.2) is 24.3 Å². The molecule has 0 amide bonds. The van der Waals surface area contributed by atoms with Crippen molar-refractivity contribution in [2.24, 2.45) is 0 Å². The zero-order valence-corrected chi connectivity index (χ0v) is 11.1. The van der Waals surface area contributed by atoms with Crippen LogP contribution in [0.2, 0.25) is 0 Å². The van der Waals surface area contributed by atoms with E-state index >= 15 is 0 Å². The predicted molar refractivity (Wildman–Crippen MR) is 72.0 cm³/mol. The molecule has 1 saturated heterocycles. The van der Waals surface area contributed by atoms with Gasteiger partial charge in [0.25, 0.3) is 0 Å². The number of hydrogen-bond acceptors (Lipinski definition) is 2. The van der Waals surface area contributed by atoms with Crippen LogP contribution < -0.4 is 4.74 Å². The molecular formula is C14H20ClNO. The molecule has 0 radical (unpaired) electrons. The molecule has 0 aliphatic carbocycles. The van der Waals surface area contributed by atoms with E-state index in [4.69, 9.17) is 16.3 Å². The van der Waals surface area contributed by atoms with Crippen LogP contribution in [0.1, 0.15) is 18.4 Å². The number of nitrogens with zero attached hydrogens (tertiary/aromatic N) is 1. The van der Waals surface area contributed by atoms with Crippen molar-refractivity contribution in [2.75, 3.05) is 26.7 Å². The topological polar surface area (TPSA) is 12.5 Å². The van der Waals surface area contributed by atoms with Gasteiger partial charge in [-0.1, -0.05) is 12.1 Å². The second kappa shape index (κ2) is 6.27. The van der Waals surface area contributed by atoms with Gasteiger partial charge in [-0.2, -0.15) is 0 Å². The van der Waals surface area contributed by atoms with Gasteiger partial charge >= 0.3 is 0 Å². The summed E-state index contributed by atoms with van der Waals surface area (Å²) in [5.74, 6) is 0.924. The van der Waals surface area contributed by atoms with Gasteiger partial charge in [0.2, 0.25) is 0 Å². The Morgan fingerprint density at radius 1 is 1.35 bits per heavy atom. The first-order valence-electron chi connectivity index (χ1n) is 6.27. The van der Waals surface area contributed by atoms with Crippen LogP contribution in [0, 0.1) is 0 Å². The number of piperidine rings is 1. The fourth-order valence-electron chi connectivity index (χ4n) is 2.28. The van der Waals surface area contributed by atoms with Crippen LogP contribution in [0.5, 0.6) is 5.75 Å². The van der Waals surface area contributed by atoms with E-state index in [1.165, 1.54) is 24.9 Å². The molecule has 94 valence electrons. The summed E-state index contributed by atoms with van der Waals surface area (Å²) >= 11 is 6.17. The number of halogens is 1. The van der Waals surface area contributed by atoms with Crippen molar-refractivity contribution < 1.29 is 4.74 Å². The van der Waals surface area contributed by atoms with Crippen molar-refractivity contribution in [3.05, 3.63) is 29.8 Å². The molecule has 0 bridgehead atoms. The molecule has 0 aromatic heterocycles. The SMILES string of the molecule is COc1ccc(CCN2CCC[C@H](Cl)C2)cc1. The molecule has 1 aliphatic rings. The quantitative estimate of drug-likeness (QED) is 0.765. The van der Waals surface area contributed by atoms with Crippen LogP contribution in [0.3, 0.4) is 0 Å². The van der Waals surface area contributed by atoms with E-state index < -0.39 is 0 Å². The predicted octanol–water partition coefficient (Wildman–Crippen LogP) is 2.94. The normalized spacial score (nSPS) is 21.4. The van der Waals surface area contributed by atoms with Crippen molar-refractivity contribution in [1.29, 1.82) is 0 Å². The highest BCUT2D eigenvalue weighted by Crippen LogP contribution is 2.16. The third kappa shape index (κ3) is 3.90. The van der Waals surface area contributed by atoms with E-state index in [-0.39, 0.29) is 0 Å². The lowest BCUT2D eigenvalue weighted by molar-refractivity contribution is 0.235. The van der Waals surface area contributed by atoms with Crippen molar-refractivity contribution >= 4 is 11.6 Å². The van der Waals surface area contributed by atoms with E-state index in [1.54, 1.807) is 7.11 Å². The summed E-state index contributed by atoms with van der Waals surface area (Å²) in [5, 5.41) is 0.347. The number of ether oxygens (including phenoxy) is 1. The molecule has 2 nitrogen and oxygen atoms in total. The lowest BCUT2D eigenvalue weighted by Crippen LogP contribution is -2.37. The van der Waals surface area contributed by atoms with Crippen molar-refractivity contribution in [1.82, 2.24) is 4.90 Å². The number of rotatable bonds is 4. The maximum Gasteiger partial charge on any atom is 0.118 e. The summed E-state index contributed by atoms with van der Waals surface area (Å²) < 4.78 is 5.15. The fourth-order valence-corrected chi connectivity index (χ4v) is 2.63. The Labute approximate surface area is 109 Å². The monoisotopic (exact) mass is 253 g/mol. The standard InChI is InChI=1S/C14H20ClNO/c1-17-14-6-4-12(5-7-14)8-10-16-9-2-3-13(15)11-16/h4-7,13H,2-3,8-11H2,1H3/t13-/m0/s1. The minimum atomic E-state index is 0.347. The Bertz CT molecular complexity index is 339. The number of alkyl halides is 1. The van der Waals surface area contributed by atoms with E-state index in [0.29, 0.717) is 5.38 Å². The average Bonchev–Trinajstić information content (AvgIpc) is 2.37. The maximum absolute atomic E-state index is 6.17. The molecule has 1 aliphatic heterocycles. The molecule has 1 atom stereocenters. The maximum atomic E-state index is 6.17. The molecule has 0 N–H and O–H groups in total. The van der Waals surface area contributed by atoms with E-state index in [1.807, 2.05) is 12.1 Å². The van der Waals surface area contributed by atoms with Gasteiger partial charge in [-0.15, -0.1) is 11.6 Å². The molecule has 1 heterocycles. The Morgan fingerprint density at radius 2 is 2.12 bits per heavy atom. The van der Waals surface area contributed by atoms with Crippen LogP contribution in [-0.4, -0.2) is 37.0 Å². The van der Waals surface area contributed by atoms with Gasteiger partial charge in [0, 0.05) is 18.5 Å². The van der Waals surface area contributed by atoms with Crippen molar-refractivity contribution in [3.63, 3.8) is 0 Å². The molecule has 2 rings (SSSR count). The third-order valence-electron chi connectivity index (χ3n) is 3.32. The Kier molecular flexibility index (Phi) is 4.69. The lowest BCUT2D eigenvalue weighted by atomic mass is 10.1. The number of hydrogen-bond donors (Lipinski definition) is 0. The first-order valence-corrected chi connectivity index (χ1v) is 6.71. The van der Waals surface area contributed by atoms with Gasteiger partial charge in [0.15, 0.2) is 0 Å². The van der Waals surface area contributed by atoms with E-state index in [2.05, 4.69) is 17.0 Å². The van der Waals surface area contributed by atoms with Gasteiger partial charge < -0.3 is 9.64 Å². The largest absolute Gasteiger partial charge is 0.497 e. The van der Waals surface area contributed by atoms with Gasteiger partial charge in [0.05, 0.1) is 7.11 Å². The highest BCUT2D eigenvalue weighted by molar-refractivity contribution is 6.20. The molecule has 0 unspecified atom stereocenters. The summed E-state index contributed by atoms with van der Waals surface area (Å²) in [4.78, 5) is 2.46. The number of likely N-dealkylation sites (tertiary alicyclic amines) is 1. The summed E-state index contributed by atoms with van der Waals surface area (Å²) in [6.45, 7) is 3.34. The summed E-state index contributed by atoms with van der Waals surface area (Å²) in [5.41, 5.74) is 1.36. The van der Waals surface area contributed by atoms with Crippen LogP contribution in [0.4, 0.5) is 0 Å². The average molecular weight is 254 g/mol. The van der Waals surface area contributed by atoms with Crippen molar-refractivity contribution in [3.8, 4) is 5.75 Å². The third-order valence-corrected chi connectivity index (χ3v) is 3.68. The van der Waals surface area contributed by atoms with E-state index in [0.717, 1.165) is 25.3 Å². The molecule has 3 heteroatoms. The Hall–Kier alpha value is -0.730. The summed E-state index contributed by atoms with van der Waals surface area (Å²) in [6, 6.07) is 8.33. The highest BCUT2D eigenvalue weighted by atomic mass is 35.5. The zero-order valence-electron chi connectivity index (χ0n) is 10.4. The first-order chi connectivity index (χ1) is 8.28. The van der Waals surface area contributed by atoms with Crippen LogP contribution in [-0.2, 0) is 6.42 Å². The summed E-state index contributed by atoms with van der Waals surface area (Å²) in [7, 11) is 1.70. The lowest BCUT2D eigenvalue weighted by Gasteiger charge is -2.29. The van der Waals surface area contributed by atoms with Crippen LogP contribution >= 0.6 is 11.6 Å². The molecule has 1 fully saturated rings. The number of methoxy groups -OCH3 is 1. The number of benzene rings is 1. The molecule has 1 aromatic carbocycles. The van der Waals surface area contributed by atoms with Crippen molar-refractivity contribution in [2.45, 2.75) is 24.6 Å². The Balaban J connectivity index is 1.80. The minimum absolute atomic E-state index is 0.347. The second-order valence-corrected chi connectivity index (χ2v) is 5.26. The van der Waals surface area contributed by atoms with Gasteiger partial charge in [0.1, 0.15) is 5.75 Å². The highest BCUT2D eigenvalue weighted by Gasteiger charge is 2.16. The molecular weight excluding hydrogens is 234 g/mol. The second-order valence-electron chi connectivity index (χ2n) is 4.64. The summed E-state index contributed by atoms with van der Waals surface area (Å²) in [6.07, 6.45) is 3.49. The van der Waals surface area contributed by atoms with Gasteiger partial charge in [-0.3, -0.25) is 0 Å². The molecule has 0 saturated carbocycles. The zero-order chi connectivity index (χ0) is 12.1. The Morgan fingerprint density at radius 3 is 2.76 bits per heavy atom. The molecule has 1 aromatic rings.